The number of para-hydroxylation sites is 1. The van der Waals surface area contributed by atoms with E-state index < -0.39 is 28.0 Å². The number of carboxylic acid groups (broad SMARTS) is 1. The van der Waals surface area contributed by atoms with Gasteiger partial charge in [0.25, 0.3) is 10.0 Å². The van der Waals surface area contributed by atoms with Gasteiger partial charge in [-0.25, -0.2) is 8.42 Å². The lowest BCUT2D eigenvalue weighted by molar-refractivity contribution is -0.139. The standard InChI is InChI=1S/C25H22N2O4S2/c1-16-7-9-18(10-8-16)11-12-19-13-14-23(32-19)33(30,31)27-24(25(28)29)17(2)21-15-26-22-6-4-3-5-20(21)22/h3-10,13-15,17,24,26-27H,1-2H3,(H,28,29)/t17-,24?/m0/s1. The molecule has 0 aliphatic rings. The molecule has 0 saturated carbocycles. The predicted molar refractivity (Wildman–Crippen MR) is 130 cm³/mol. The maximum atomic E-state index is 13.0. The number of nitrogens with one attached hydrogen (secondary N) is 2. The Morgan fingerprint density at radius 3 is 2.52 bits per heavy atom. The van der Waals surface area contributed by atoms with E-state index in [1.165, 1.54) is 6.07 Å². The lowest BCUT2D eigenvalue weighted by Crippen LogP contribution is -2.43. The van der Waals surface area contributed by atoms with Gasteiger partial charge < -0.3 is 10.1 Å². The van der Waals surface area contributed by atoms with Gasteiger partial charge in [0.2, 0.25) is 0 Å². The third-order valence-electron chi connectivity index (χ3n) is 5.39. The molecule has 168 valence electrons. The number of aliphatic carboxylic acids is 1. The van der Waals surface area contributed by atoms with Crippen molar-refractivity contribution in [3.05, 3.63) is 88.4 Å². The molecule has 33 heavy (non-hydrogen) atoms. The fraction of sp³-hybridized carbons (Fsp3) is 0.160. The van der Waals surface area contributed by atoms with E-state index in [-0.39, 0.29) is 4.21 Å². The van der Waals surface area contributed by atoms with Crippen molar-refractivity contribution in [2.75, 3.05) is 0 Å². The summed E-state index contributed by atoms with van der Waals surface area (Å²) < 4.78 is 28.4. The molecule has 4 rings (SSSR count). The highest BCUT2D eigenvalue weighted by Gasteiger charge is 2.33. The van der Waals surface area contributed by atoms with Gasteiger partial charge >= 0.3 is 5.97 Å². The SMILES string of the molecule is Cc1ccc(C#Cc2ccc(S(=O)(=O)NC(C(=O)O)[C@@H](C)c3c[nH]c4ccccc34)s2)cc1. The Kier molecular flexibility index (Phi) is 6.38. The molecule has 3 N–H and O–H groups in total. The number of carbonyl (C=O) groups is 1. The Morgan fingerprint density at radius 2 is 1.79 bits per heavy atom. The summed E-state index contributed by atoms with van der Waals surface area (Å²) in [4.78, 5) is 15.7. The van der Waals surface area contributed by atoms with Gasteiger partial charge in [-0.2, -0.15) is 4.72 Å². The fourth-order valence-corrected chi connectivity index (χ4v) is 5.99. The van der Waals surface area contributed by atoms with E-state index in [9.17, 15) is 18.3 Å². The molecular formula is C25H22N2O4S2. The first kappa shape index (κ1) is 22.8. The van der Waals surface area contributed by atoms with Crippen LogP contribution in [0, 0.1) is 18.8 Å². The van der Waals surface area contributed by atoms with Gasteiger partial charge in [0.15, 0.2) is 0 Å². The van der Waals surface area contributed by atoms with Gasteiger partial charge in [-0.3, -0.25) is 4.79 Å². The average molecular weight is 479 g/mol. The third kappa shape index (κ3) is 5.01. The van der Waals surface area contributed by atoms with Crippen LogP contribution in [-0.4, -0.2) is 30.5 Å². The van der Waals surface area contributed by atoms with Crippen LogP contribution in [-0.2, 0) is 14.8 Å². The summed E-state index contributed by atoms with van der Waals surface area (Å²) >= 11 is 1.00. The Labute approximate surface area is 196 Å². The highest BCUT2D eigenvalue weighted by atomic mass is 32.2. The zero-order chi connectivity index (χ0) is 23.6. The van der Waals surface area contributed by atoms with Crippen molar-refractivity contribution >= 4 is 38.2 Å². The zero-order valence-corrected chi connectivity index (χ0v) is 19.6. The van der Waals surface area contributed by atoms with Gasteiger partial charge in [-0.05, 0) is 42.8 Å². The van der Waals surface area contributed by atoms with Gasteiger partial charge in [-0.1, -0.05) is 54.7 Å². The summed E-state index contributed by atoms with van der Waals surface area (Å²) in [7, 11) is -4.05. The second-order valence-electron chi connectivity index (χ2n) is 7.75. The van der Waals surface area contributed by atoms with Crippen molar-refractivity contribution < 1.29 is 18.3 Å². The van der Waals surface area contributed by atoms with E-state index in [1.807, 2.05) is 55.5 Å². The summed E-state index contributed by atoms with van der Waals surface area (Å²) in [6.07, 6.45) is 1.73. The number of hydrogen-bond acceptors (Lipinski definition) is 4. The second kappa shape index (κ2) is 9.24. The Bertz CT molecular complexity index is 1470. The first-order valence-corrected chi connectivity index (χ1v) is 12.5. The summed E-state index contributed by atoms with van der Waals surface area (Å²) in [6, 6.07) is 17.0. The van der Waals surface area contributed by atoms with E-state index >= 15 is 0 Å². The molecule has 2 heterocycles. The molecule has 1 unspecified atom stereocenters. The molecule has 4 aromatic rings. The van der Waals surface area contributed by atoms with E-state index in [2.05, 4.69) is 21.5 Å². The molecule has 0 amide bonds. The highest BCUT2D eigenvalue weighted by Crippen LogP contribution is 2.29. The van der Waals surface area contributed by atoms with Gasteiger partial charge in [0.1, 0.15) is 10.3 Å². The minimum Gasteiger partial charge on any atom is -0.480 e. The number of benzene rings is 2. The molecule has 2 aromatic heterocycles. The lowest BCUT2D eigenvalue weighted by Gasteiger charge is -2.21. The quantitative estimate of drug-likeness (QED) is 0.356. The van der Waals surface area contributed by atoms with E-state index in [1.54, 1.807) is 19.2 Å². The number of sulfonamides is 1. The first-order chi connectivity index (χ1) is 15.7. The number of rotatable bonds is 6. The molecule has 0 bridgehead atoms. The summed E-state index contributed by atoms with van der Waals surface area (Å²) in [5.74, 6) is 4.14. The number of aromatic amines is 1. The topological polar surface area (TPSA) is 99.3 Å². The van der Waals surface area contributed by atoms with E-state index in [0.29, 0.717) is 4.88 Å². The Balaban J connectivity index is 1.56. The smallest absolute Gasteiger partial charge is 0.322 e. The summed E-state index contributed by atoms with van der Waals surface area (Å²) in [5, 5.41) is 10.7. The van der Waals surface area contributed by atoms with Crippen LogP contribution in [0.3, 0.4) is 0 Å². The first-order valence-electron chi connectivity index (χ1n) is 10.2. The largest absolute Gasteiger partial charge is 0.480 e. The van der Waals surface area contributed by atoms with Crippen molar-refractivity contribution in [2.24, 2.45) is 0 Å². The van der Waals surface area contributed by atoms with Crippen LogP contribution in [0.25, 0.3) is 10.9 Å². The van der Waals surface area contributed by atoms with Crippen LogP contribution in [0.4, 0.5) is 0 Å². The Morgan fingerprint density at radius 1 is 1.06 bits per heavy atom. The molecule has 0 radical (unpaired) electrons. The van der Waals surface area contributed by atoms with Crippen molar-refractivity contribution in [1.29, 1.82) is 0 Å². The van der Waals surface area contributed by atoms with Gasteiger partial charge in [-0.15, -0.1) is 11.3 Å². The summed E-state index contributed by atoms with van der Waals surface area (Å²) in [6.45, 7) is 3.69. The second-order valence-corrected chi connectivity index (χ2v) is 10.8. The van der Waals surface area contributed by atoms with Gasteiger partial charge in [0.05, 0.1) is 4.88 Å². The fourth-order valence-electron chi connectivity index (χ4n) is 3.54. The number of carboxylic acids is 1. The average Bonchev–Trinajstić information content (AvgIpc) is 3.44. The molecule has 0 aliphatic heterocycles. The number of thiophene rings is 1. The maximum Gasteiger partial charge on any atom is 0.322 e. The number of fused-ring (bicyclic) bond motifs is 1. The van der Waals surface area contributed by atoms with Crippen molar-refractivity contribution in [3.63, 3.8) is 0 Å². The minimum absolute atomic E-state index is 0.0214. The van der Waals surface area contributed by atoms with Crippen molar-refractivity contribution in [2.45, 2.75) is 30.0 Å². The van der Waals surface area contributed by atoms with Crippen LogP contribution < -0.4 is 4.72 Å². The number of aromatic nitrogens is 1. The molecule has 0 saturated heterocycles. The normalized spacial score (nSPS) is 13.3. The van der Waals surface area contributed by atoms with Gasteiger partial charge in [0, 0.05) is 28.6 Å². The molecule has 2 aromatic carbocycles. The molecular weight excluding hydrogens is 456 g/mol. The summed E-state index contributed by atoms with van der Waals surface area (Å²) in [5.41, 5.74) is 3.55. The molecule has 2 atom stereocenters. The van der Waals surface area contributed by atoms with Crippen LogP contribution in [0.1, 0.15) is 34.4 Å². The van der Waals surface area contributed by atoms with Crippen LogP contribution in [0.15, 0.2) is 71.1 Å². The predicted octanol–water partition coefficient (Wildman–Crippen LogP) is 4.47. The van der Waals surface area contributed by atoms with Crippen LogP contribution in [0.2, 0.25) is 0 Å². The Hall–Kier alpha value is -3.38. The number of aryl methyl sites for hydroxylation is 1. The highest BCUT2D eigenvalue weighted by molar-refractivity contribution is 7.91. The van der Waals surface area contributed by atoms with E-state index in [0.717, 1.165) is 38.9 Å². The van der Waals surface area contributed by atoms with Crippen LogP contribution >= 0.6 is 11.3 Å². The molecule has 6 nitrogen and oxygen atoms in total. The molecule has 0 spiro atoms. The zero-order valence-electron chi connectivity index (χ0n) is 18.0. The number of H-pyrrole nitrogens is 1. The molecule has 0 fully saturated rings. The van der Waals surface area contributed by atoms with Crippen LogP contribution in [0.5, 0.6) is 0 Å². The van der Waals surface area contributed by atoms with E-state index in [4.69, 9.17) is 0 Å². The molecule has 0 aliphatic carbocycles. The molecule has 8 heteroatoms. The monoisotopic (exact) mass is 478 g/mol. The maximum absolute atomic E-state index is 13.0. The third-order valence-corrected chi connectivity index (χ3v) is 8.32. The van der Waals surface area contributed by atoms with Crippen molar-refractivity contribution in [3.8, 4) is 11.8 Å². The minimum atomic E-state index is -4.05. The lowest BCUT2D eigenvalue weighted by atomic mass is 9.93. The number of hydrogen-bond donors (Lipinski definition) is 3. The van der Waals surface area contributed by atoms with Crippen molar-refractivity contribution in [1.82, 2.24) is 9.71 Å².